The molecule has 5 rings (SSSR count). The maximum absolute atomic E-state index is 13.5. The number of carbonyl (C=O) groups excluding carboxylic acids is 2. The summed E-state index contributed by atoms with van der Waals surface area (Å²) in [5, 5.41) is 5.57. The summed E-state index contributed by atoms with van der Waals surface area (Å²) in [6, 6.07) is 11.2. The lowest BCUT2D eigenvalue weighted by atomic mass is 9.68. The number of nitrogens with zero attached hydrogens (tertiary/aromatic N) is 2. The molecule has 1 aromatic heterocycles. The predicted octanol–water partition coefficient (Wildman–Crippen LogP) is 6.44. The molecule has 3 atom stereocenters. The molecule has 1 spiro atoms. The zero-order valence-corrected chi connectivity index (χ0v) is 25.4. The fraction of sp³-hybridized carbons (Fsp3) is 0.387. The number of likely N-dealkylation sites (tertiary alicyclic amines) is 1. The van der Waals surface area contributed by atoms with Gasteiger partial charge in [-0.2, -0.15) is 30.7 Å². The van der Waals surface area contributed by atoms with Crippen molar-refractivity contribution in [3.05, 3.63) is 88.1 Å². The Bertz CT molecular complexity index is 1570. The number of rotatable bonds is 8. The van der Waals surface area contributed by atoms with Crippen LogP contribution < -0.4 is 10.6 Å². The molecule has 1 aliphatic carbocycles. The quantitative estimate of drug-likeness (QED) is 0.218. The van der Waals surface area contributed by atoms with Crippen LogP contribution >= 0.6 is 11.5 Å². The third kappa shape index (κ3) is 7.27. The summed E-state index contributed by atoms with van der Waals surface area (Å²) in [5.74, 6) is -1.48. The molecular formula is C31H31BF6N4O2S. The Kier molecular flexibility index (Phi) is 9.19. The number of benzene rings is 2. The van der Waals surface area contributed by atoms with Gasteiger partial charge in [0.25, 0.3) is 0 Å². The molecule has 6 nitrogen and oxygen atoms in total. The first-order chi connectivity index (χ1) is 21.2. The Morgan fingerprint density at radius 3 is 2.42 bits per heavy atom. The SMILES string of the molecule is BC(=O)Nc1cc(C(CCN2CC[C@@]3(C=Cc4ccccc43)[C@@H](C)C2)C(=O)NCc2cc(C(F)(F)F)cc(C(F)(F)F)c2)ns1. The molecule has 2 amide bonds. The number of alkyl halides is 6. The lowest BCUT2D eigenvalue weighted by Gasteiger charge is -2.44. The van der Waals surface area contributed by atoms with Crippen LogP contribution in [0.3, 0.4) is 0 Å². The molecule has 1 fully saturated rings. The van der Waals surface area contributed by atoms with Crippen LogP contribution in [0.25, 0.3) is 6.08 Å². The molecule has 0 saturated carbocycles. The second-order valence-corrected chi connectivity index (χ2v) is 12.5. The highest BCUT2D eigenvalue weighted by atomic mass is 32.1. The number of anilines is 1. The van der Waals surface area contributed by atoms with Crippen LogP contribution in [-0.4, -0.2) is 48.5 Å². The van der Waals surface area contributed by atoms with E-state index in [0.717, 1.165) is 31.0 Å². The predicted molar refractivity (Wildman–Crippen MR) is 163 cm³/mol. The van der Waals surface area contributed by atoms with Crippen molar-refractivity contribution in [3.8, 4) is 0 Å². The molecule has 1 unspecified atom stereocenters. The normalized spacial score (nSPS) is 20.6. The maximum atomic E-state index is 13.5. The summed E-state index contributed by atoms with van der Waals surface area (Å²) in [6.45, 7) is 3.72. The molecule has 2 aromatic carbocycles. The summed E-state index contributed by atoms with van der Waals surface area (Å²) in [4.78, 5) is 27.3. The van der Waals surface area contributed by atoms with Gasteiger partial charge in [0.05, 0.1) is 22.7 Å². The van der Waals surface area contributed by atoms with Crippen molar-refractivity contribution in [2.45, 2.75) is 50.0 Å². The van der Waals surface area contributed by atoms with Crippen molar-refractivity contribution in [2.75, 3.05) is 25.0 Å². The standard InChI is InChI=1S/C31H31BF6N4O2S/c1-18-17-42(11-9-29(18)8-6-20-4-2-3-5-24(20)29)10-7-23(25-15-26(45-41-25)40-28(32)44)27(43)39-16-19-12-21(30(33,34)35)14-22(13-19)31(36,37)38/h2-6,8,12-15,18,23H,7,9-11,16-17,32H2,1H3,(H,39,43)(H,40,44)/t18-,23?,29-/m0/s1. The second-order valence-electron chi connectivity index (χ2n) is 11.7. The molecule has 0 radical (unpaired) electrons. The third-order valence-corrected chi connectivity index (χ3v) is 9.34. The summed E-state index contributed by atoms with van der Waals surface area (Å²) in [5.41, 5.74) is -0.408. The highest BCUT2D eigenvalue weighted by Crippen LogP contribution is 2.47. The topological polar surface area (TPSA) is 74.3 Å². The van der Waals surface area contributed by atoms with Gasteiger partial charge in [0, 0.05) is 18.5 Å². The van der Waals surface area contributed by atoms with Gasteiger partial charge in [-0.25, -0.2) is 0 Å². The minimum Gasteiger partial charge on any atom is -0.351 e. The van der Waals surface area contributed by atoms with E-state index >= 15 is 0 Å². The van der Waals surface area contributed by atoms with E-state index in [2.05, 4.69) is 51.1 Å². The molecule has 2 aliphatic rings. The summed E-state index contributed by atoms with van der Waals surface area (Å²) >= 11 is 0.982. The van der Waals surface area contributed by atoms with Gasteiger partial charge >= 0.3 is 12.4 Å². The van der Waals surface area contributed by atoms with E-state index in [1.165, 1.54) is 19.0 Å². The first-order valence-electron chi connectivity index (χ1n) is 14.5. The largest absolute Gasteiger partial charge is 0.416 e. The van der Waals surface area contributed by atoms with E-state index in [1.807, 2.05) is 12.1 Å². The van der Waals surface area contributed by atoms with E-state index in [4.69, 9.17) is 0 Å². The second kappa shape index (κ2) is 12.6. The molecule has 1 aliphatic heterocycles. The fourth-order valence-corrected chi connectivity index (χ4v) is 7.07. The van der Waals surface area contributed by atoms with Gasteiger partial charge in [-0.1, -0.05) is 43.3 Å². The number of amides is 2. The van der Waals surface area contributed by atoms with E-state index in [1.54, 1.807) is 6.07 Å². The number of aromatic nitrogens is 1. The van der Waals surface area contributed by atoms with Gasteiger partial charge < -0.3 is 15.5 Å². The Labute approximate surface area is 261 Å². The monoisotopic (exact) mass is 648 g/mol. The Morgan fingerprint density at radius 2 is 1.78 bits per heavy atom. The molecule has 3 aromatic rings. The number of nitrogens with one attached hydrogen (secondary N) is 2. The van der Waals surface area contributed by atoms with Gasteiger partial charge in [-0.15, -0.1) is 0 Å². The average molecular weight is 648 g/mol. The fourth-order valence-electron chi connectivity index (χ4n) is 6.32. The summed E-state index contributed by atoms with van der Waals surface area (Å²) < 4.78 is 84.5. The molecule has 45 heavy (non-hydrogen) atoms. The van der Waals surface area contributed by atoms with Crippen LogP contribution in [-0.2, 0) is 29.1 Å². The minimum atomic E-state index is -5.00. The highest BCUT2D eigenvalue weighted by Gasteiger charge is 2.43. The van der Waals surface area contributed by atoms with Crippen molar-refractivity contribution in [2.24, 2.45) is 5.92 Å². The van der Waals surface area contributed by atoms with Crippen molar-refractivity contribution in [1.82, 2.24) is 14.6 Å². The van der Waals surface area contributed by atoms with Crippen molar-refractivity contribution < 1.29 is 35.9 Å². The first-order valence-corrected chi connectivity index (χ1v) is 15.2. The van der Waals surface area contributed by atoms with Crippen molar-refractivity contribution >= 4 is 42.2 Å². The Hall–Kier alpha value is -3.65. The summed E-state index contributed by atoms with van der Waals surface area (Å²) in [7, 11) is 1.33. The van der Waals surface area contributed by atoms with Gasteiger partial charge in [-0.05, 0) is 84.3 Å². The first kappa shape index (κ1) is 32.7. The lowest BCUT2D eigenvalue weighted by Crippen LogP contribution is -2.48. The van der Waals surface area contributed by atoms with E-state index in [-0.39, 0.29) is 28.8 Å². The molecule has 2 heterocycles. The van der Waals surface area contributed by atoms with Crippen LogP contribution in [0.5, 0.6) is 0 Å². The van der Waals surface area contributed by atoms with Gasteiger partial charge in [0.15, 0.2) is 5.81 Å². The van der Waals surface area contributed by atoms with E-state index in [9.17, 15) is 35.9 Å². The molecule has 1 saturated heterocycles. The Balaban J connectivity index is 1.31. The lowest BCUT2D eigenvalue weighted by molar-refractivity contribution is -0.143. The van der Waals surface area contributed by atoms with Crippen LogP contribution in [0.4, 0.5) is 36.1 Å². The molecular weight excluding hydrogens is 617 g/mol. The number of piperidine rings is 1. The number of allylic oxidation sites excluding steroid dienone is 1. The molecule has 14 heteroatoms. The summed E-state index contributed by atoms with van der Waals surface area (Å²) in [6.07, 6.45) is -4.35. The van der Waals surface area contributed by atoms with Crippen molar-refractivity contribution in [1.29, 1.82) is 0 Å². The van der Waals surface area contributed by atoms with Gasteiger partial charge in [0.1, 0.15) is 5.00 Å². The molecule has 238 valence electrons. The third-order valence-electron chi connectivity index (χ3n) is 8.63. The van der Waals surface area contributed by atoms with Crippen LogP contribution in [0.15, 0.2) is 54.6 Å². The zero-order valence-electron chi connectivity index (χ0n) is 24.6. The number of carbonyl (C=O) groups is 2. The van der Waals surface area contributed by atoms with Gasteiger partial charge in [-0.3, -0.25) is 9.59 Å². The molecule has 0 bridgehead atoms. The average Bonchev–Trinajstić information content (AvgIpc) is 3.58. The number of hydrogen-bond donors (Lipinski definition) is 2. The minimum absolute atomic E-state index is 0.0522. The van der Waals surface area contributed by atoms with Crippen LogP contribution in [0.1, 0.15) is 59.2 Å². The van der Waals surface area contributed by atoms with Crippen LogP contribution in [0.2, 0.25) is 0 Å². The van der Waals surface area contributed by atoms with Crippen LogP contribution in [0, 0.1) is 5.92 Å². The zero-order chi connectivity index (χ0) is 32.6. The highest BCUT2D eigenvalue weighted by molar-refractivity contribution is 7.10. The number of fused-ring (bicyclic) bond motifs is 2. The number of hydrogen-bond acceptors (Lipinski definition) is 5. The van der Waals surface area contributed by atoms with Crippen molar-refractivity contribution in [3.63, 3.8) is 0 Å². The van der Waals surface area contributed by atoms with E-state index < -0.39 is 41.8 Å². The van der Waals surface area contributed by atoms with E-state index in [0.29, 0.717) is 35.8 Å². The maximum Gasteiger partial charge on any atom is 0.416 e. The van der Waals surface area contributed by atoms with Gasteiger partial charge in [0.2, 0.25) is 13.8 Å². The Morgan fingerprint density at radius 1 is 1.09 bits per heavy atom. The smallest absolute Gasteiger partial charge is 0.351 e. The molecule has 2 N–H and O–H groups in total. The number of halogens is 6.